The summed E-state index contributed by atoms with van der Waals surface area (Å²) >= 11 is 1.80. The molecule has 1 nitrogen and oxygen atoms in total. The summed E-state index contributed by atoms with van der Waals surface area (Å²) in [5.41, 5.74) is 2.58. The molecule has 0 spiro atoms. The highest BCUT2D eigenvalue weighted by Crippen LogP contribution is 2.28. The third-order valence-corrected chi connectivity index (χ3v) is 3.23. The van der Waals surface area contributed by atoms with Gasteiger partial charge in [-0.05, 0) is 38.3 Å². The SMILES string of the molecule is C=C(C)CC(NC)c1ccccc1SC. The zero-order valence-electron chi connectivity index (χ0n) is 9.71. The van der Waals surface area contributed by atoms with Crippen molar-refractivity contribution in [3.8, 4) is 0 Å². The summed E-state index contributed by atoms with van der Waals surface area (Å²) in [6.07, 6.45) is 3.11. The molecule has 1 atom stereocenters. The Morgan fingerprint density at radius 2 is 2.13 bits per heavy atom. The predicted octanol–water partition coefficient (Wildman–Crippen LogP) is 3.64. The Bertz CT molecular complexity index is 333. The summed E-state index contributed by atoms with van der Waals surface area (Å²) in [5, 5.41) is 3.35. The molecule has 0 aromatic heterocycles. The zero-order valence-corrected chi connectivity index (χ0v) is 10.5. The van der Waals surface area contributed by atoms with Crippen molar-refractivity contribution in [1.29, 1.82) is 0 Å². The first-order chi connectivity index (χ1) is 7.19. The van der Waals surface area contributed by atoms with Gasteiger partial charge in [0, 0.05) is 10.9 Å². The lowest BCUT2D eigenvalue weighted by Crippen LogP contribution is -2.17. The van der Waals surface area contributed by atoms with Gasteiger partial charge in [0.25, 0.3) is 0 Å². The van der Waals surface area contributed by atoms with E-state index in [1.54, 1.807) is 11.8 Å². The Morgan fingerprint density at radius 3 is 2.67 bits per heavy atom. The van der Waals surface area contributed by atoms with E-state index in [0.717, 1.165) is 6.42 Å². The van der Waals surface area contributed by atoms with Crippen LogP contribution in [0.5, 0.6) is 0 Å². The molecule has 0 aliphatic heterocycles. The maximum absolute atomic E-state index is 3.98. The number of rotatable bonds is 5. The molecule has 1 N–H and O–H groups in total. The van der Waals surface area contributed by atoms with Gasteiger partial charge in [-0.15, -0.1) is 18.3 Å². The van der Waals surface area contributed by atoms with Crippen molar-refractivity contribution in [3.63, 3.8) is 0 Å². The predicted molar refractivity (Wildman–Crippen MR) is 69.5 cm³/mol. The minimum atomic E-state index is 0.381. The second kappa shape index (κ2) is 5.99. The van der Waals surface area contributed by atoms with Crippen molar-refractivity contribution in [3.05, 3.63) is 42.0 Å². The lowest BCUT2D eigenvalue weighted by atomic mass is 10.0. The van der Waals surface area contributed by atoms with Gasteiger partial charge in [-0.1, -0.05) is 23.8 Å². The van der Waals surface area contributed by atoms with Gasteiger partial charge >= 0.3 is 0 Å². The summed E-state index contributed by atoms with van der Waals surface area (Å²) in [5.74, 6) is 0. The van der Waals surface area contributed by atoms with E-state index in [9.17, 15) is 0 Å². The van der Waals surface area contributed by atoms with E-state index in [1.807, 2.05) is 7.05 Å². The third-order valence-electron chi connectivity index (χ3n) is 2.42. The van der Waals surface area contributed by atoms with Crippen molar-refractivity contribution in [2.75, 3.05) is 13.3 Å². The van der Waals surface area contributed by atoms with Crippen LogP contribution in [0.25, 0.3) is 0 Å². The van der Waals surface area contributed by atoms with Crippen LogP contribution in [0, 0.1) is 0 Å². The van der Waals surface area contributed by atoms with Gasteiger partial charge in [-0.3, -0.25) is 0 Å². The monoisotopic (exact) mass is 221 g/mol. The molecule has 2 heteroatoms. The molecule has 15 heavy (non-hydrogen) atoms. The Balaban J connectivity index is 2.95. The maximum Gasteiger partial charge on any atom is 0.0366 e. The van der Waals surface area contributed by atoms with E-state index < -0.39 is 0 Å². The van der Waals surface area contributed by atoms with Crippen LogP contribution in [0.15, 0.2) is 41.3 Å². The second-order valence-corrected chi connectivity index (χ2v) is 4.59. The van der Waals surface area contributed by atoms with Crippen LogP contribution in [-0.4, -0.2) is 13.3 Å². The van der Waals surface area contributed by atoms with Gasteiger partial charge in [0.15, 0.2) is 0 Å². The molecule has 0 amide bonds. The van der Waals surface area contributed by atoms with Gasteiger partial charge < -0.3 is 5.32 Å². The Kier molecular flexibility index (Phi) is 4.92. The number of hydrogen-bond acceptors (Lipinski definition) is 2. The molecule has 0 radical (unpaired) electrons. The van der Waals surface area contributed by atoms with Gasteiger partial charge in [-0.25, -0.2) is 0 Å². The summed E-state index contributed by atoms with van der Waals surface area (Å²) in [6.45, 7) is 6.05. The number of thioether (sulfide) groups is 1. The lowest BCUT2D eigenvalue weighted by Gasteiger charge is -2.19. The highest BCUT2D eigenvalue weighted by molar-refractivity contribution is 7.98. The Labute approximate surface area is 97.0 Å². The van der Waals surface area contributed by atoms with Crippen LogP contribution in [-0.2, 0) is 0 Å². The minimum absolute atomic E-state index is 0.381. The molecule has 0 saturated heterocycles. The van der Waals surface area contributed by atoms with Crippen molar-refractivity contribution in [1.82, 2.24) is 5.32 Å². The summed E-state index contributed by atoms with van der Waals surface area (Å²) in [7, 11) is 2.00. The fourth-order valence-electron chi connectivity index (χ4n) is 1.67. The van der Waals surface area contributed by atoms with Crippen LogP contribution in [0.4, 0.5) is 0 Å². The molecule has 1 unspecified atom stereocenters. The third kappa shape index (κ3) is 3.40. The smallest absolute Gasteiger partial charge is 0.0366 e. The van der Waals surface area contributed by atoms with E-state index in [0.29, 0.717) is 6.04 Å². The Morgan fingerprint density at radius 1 is 1.47 bits per heavy atom. The van der Waals surface area contributed by atoms with Crippen molar-refractivity contribution >= 4 is 11.8 Å². The molecule has 1 rings (SSSR count). The van der Waals surface area contributed by atoms with Crippen LogP contribution >= 0.6 is 11.8 Å². The van der Waals surface area contributed by atoms with Gasteiger partial charge in [0.05, 0.1) is 0 Å². The molecule has 82 valence electrons. The van der Waals surface area contributed by atoms with Crippen LogP contribution in [0.2, 0.25) is 0 Å². The second-order valence-electron chi connectivity index (χ2n) is 3.74. The Hall–Kier alpha value is -0.730. The molecule has 0 fully saturated rings. The molecule has 0 saturated carbocycles. The molecule has 0 heterocycles. The number of nitrogens with one attached hydrogen (secondary N) is 1. The van der Waals surface area contributed by atoms with Crippen molar-refractivity contribution in [2.24, 2.45) is 0 Å². The number of benzene rings is 1. The van der Waals surface area contributed by atoms with E-state index >= 15 is 0 Å². The molecule has 0 bridgehead atoms. The normalized spacial score (nSPS) is 12.5. The van der Waals surface area contributed by atoms with E-state index in [4.69, 9.17) is 0 Å². The molecule has 1 aromatic rings. The largest absolute Gasteiger partial charge is 0.313 e. The fraction of sp³-hybridized carbons (Fsp3) is 0.385. The maximum atomic E-state index is 3.98. The first-order valence-electron chi connectivity index (χ1n) is 5.13. The van der Waals surface area contributed by atoms with Gasteiger partial charge in [-0.2, -0.15) is 0 Å². The van der Waals surface area contributed by atoms with Crippen molar-refractivity contribution in [2.45, 2.75) is 24.3 Å². The van der Waals surface area contributed by atoms with Gasteiger partial charge in [0.2, 0.25) is 0 Å². The van der Waals surface area contributed by atoms with Gasteiger partial charge in [0.1, 0.15) is 0 Å². The molecule has 0 aliphatic carbocycles. The van der Waals surface area contributed by atoms with Crippen LogP contribution in [0.1, 0.15) is 24.9 Å². The highest BCUT2D eigenvalue weighted by Gasteiger charge is 2.12. The standard InChI is InChI=1S/C13H19NS/c1-10(2)9-12(14-3)11-7-5-6-8-13(11)15-4/h5-8,12,14H,1,9H2,2-4H3. The quantitative estimate of drug-likeness (QED) is 0.602. The zero-order chi connectivity index (χ0) is 11.3. The molecule has 1 aromatic carbocycles. The molecule has 0 aliphatic rings. The van der Waals surface area contributed by atoms with Crippen LogP contribution < -0.4 is 5.32 Å². The van der Waals surface area contributed by atoms with E-state index in [-0.39, 0.29) is 0 Å². The first-order valence-corrected chi connectivity index (χ1v) is 6.36. The minimum Gasteiger partial charge on any atom is -0.313 e. The number of hydrogen-bond donors (Lipinski definition) is 1. The average Bonchev–Trinajstić information content (AvgIpc) is 2.25. The molecular weight excluding hydrogens is 202 g/mol. The highest BCUT2D eigenvalue weighted by atomic mass is 32.2. The topological polar surface area (TPSA) is 12.0 Å². The van der Waals surface area contributed by atoms with Crippen molar-refractivity contribution < 1.29 is 0 Å². The van der Waals surface area contributed by atoms with E-state index in [2.05, 4.69) is 49.3 Å². The summed E-state index contributed by atoms with van der Waals surface area (Å²) in [6, 6.07) is 8.92. The van der Waals surface area contributed by atoms with E-state index in [1.165, 1.54) is 16.0 Å². The van der Waals surface area contributed by atoms with Crippen LogP contribution in [0.3, 0.4) is 0 Å². The fourth-order valence-corrected chi connectivity index (χ4v) is 2.33. The summed E-state index contributed by atoms with van der Waals surface area (Å²) in [4.78, 5) is 1.35. The summed E-state index contributed by atoms with van der Waals surface area (Å²) < 4.78 is 0. The average molecular weight is 221 g/mol. The molecular formula is C13H19NS. The first kappa shape index (κ1) is 12.3. The lowest BCUT2D eigenvalue weighted by molar-refractivity contribution is 0.581.